The van der Waals surface area contributed by atoms with Gasteiger partial charge in [-0.3, -0.25) is 14.5 Å². The Kier molecular flexibility index (Phi) is 3.71. The van der Waals surface area contributed by atoms with Gasteiger partial charge in [0.15, 0.2) is 0 Å². The highest BCUT2D eigenvalue weighted by Crippen LogP contribution is 2.23. The summed E-state index contributed by atoms with van der Waals surface area (Å²) in [4.78, 5) is 25.5. The third-order valence-electron chi connectivity index (χ3n) is 3.33. The maximum atomic E-state index is 12.1. The third-order valence-corrected chi connectivity index (χ3v) is 3.33. The summed E-state index contributed by atoms with van der Waals surface area (Å²) in [7, 11) is 0. The van der Waals surface area contributed by atoms with Crippen molar-refractivity contribution in [3.05, 3.63) is 35.4 Å². The SMILES string of the molecule is CC(C)(N)CCCCN1C(=O)c2ccccc2C1=O. The Bertz CT molecular complexity index is 468. The van der Waals surface area contributed by atoms with Gasteiger partial charge in [-0.1, -0.05) is 12.1 Å². The molecule has 2 amide bonds. The molecular formula is C15H20N2O2. The van der Waals surface area contributed by atoms with Crippen molar-refractivity contribution in [3.63, 3.8) is 0 Å². The zero-order chi connectivity index (χ0) is 14.0. The van der Waals surface area contributed by atoms with E-state index < -0.39 is 0 Å². The van der Waals surface area contributed by atoms with Gasteiger partial charge in [0.25, 0.3) is 11.8 Å². The van der Waals surface area contributed by atoms with Gasteiger partial charge in [0.05, 0.1) is 11.1 Å². The number of nitrogens with two attached hydrogens (primary N) is 1. The van der Waals surface area contributed by atoms with E-state index in [4.69, 9.17) is 5.73 Å². The Labute approximate surface area is 113 Å². The minimum Gasteiger partial charge on any atom is -0.326 e. The number of benzene rings is 1. The van der Waals surface area contributed by atoms with Crippen LogP contribution in [0.4, 0.5) is 0 Å². The fraction of sp³-hybridized carbons (Fsp3) is 0.467. The fourth-order valence-electron chi connectivity index (χ4n) is 2.29. The summed E-state index contributed by atoms with van der Waals surface area (Å²) in [6.45, 7) is 4.44. The maximum Gasteiger partial charge on any atom is 0.261 e. The van der Waals surface area contributed by atoms with Crippen molar-refractivity contribution in [3.8, 4) is 0 Å². The van der Waals surface area contributed by atoms with E-state index in [1.54, 1.807) is 24.3 Å². The third kappa shape index (κ3) is 3.01. The highest BCUT2D eigenvalue weighted by atomic mass is 16.2. The van der Waals surface area contributed by atoms with E-state index in [0.717, 1.165) is 19.3 Å². The average Bonchev–Trinajstić information content (AvgIpc) is 2.58. The van der Waals surface area contributed by atoms with Crippen molar-refractivity contribution in [2.24, 2.45) is 5.73 Å². The standard InChI is InChI=1S/C15H20N2O2/c1-15(2,16)9-5-6-10-17-13(18)11-7-3-4-8-12(11)14(17)19/h3-4,7-8H,5-6,9-10,16H2,1-2H3. The number of carbonyl (C=O) groups excluding carboxylic acids is 2. The molecule has 1 aliphatic rings. The molecule has 4 nitrogen and oxygen atoms in total. The monoisotopic (exact) mass is 260 g/mol. The molecule has 0 radical (unpaired) electrons. The van der Waals surface area contributed by atoms with E-state index in [1.807, 2.05) is 13.8 Å². The number of rotatable bonds is 5. The first-order valence-corrected chi connectivity index (χ1v) is 6.64. The molecule has 0 atom stereocenters. The van der Waals surface area contributed by atoms with Gasteiger partial charge in [-0.05, 0) is 45.2 Å². The topological polar surface area (TPSA) is 63.4 Å². The van der Waals surface area contributed by atoms with Gasteiger partial charge in [0.1, 0.15) is 0 Å². The van der Waals surface area contributed by atoms with Crippen LogP contribution in [0, 0.1) is 0 Å². The Morgan fingerprint density at radius 3 is 2.05 bits per heavy atom. The van der Waals surface area contributed by atoms with Crippen LogP contribution >= 0.6 is 0 Å². The molecule has 2 N–H and O–H groups in total. The lowest BCUT2D eigenvalue weighted by Crippen LogP contribution is -2.33. The van der Waals surface area contributed by atoms with Gasteiger partial charge in [-0.2, -0.15) is 0 Å². The molecule has 0 fully saturated rings. The molecule has 0 aromatic heterocycles. The quantitative estimate of drug-likeness (QED) is 0.652. The molecule has 4 heteroatoms. The van der Waals surface area contributed by atoms with Crippen molar-refractivity contribution in [2.45, 2.75) is 38.6 Å². The van der Waals surface area contributed by atoms with Gasteiger partial charge < -0.3 is 5.73 Å². The molecule has 1 aromatic carbocycles. The minimum atomic E-state index is -0.192. The molecule has 0 unspecified atom stereocenters. The Hall–Kier alpha value is -1.68. The Balaban J connectivity index is 1.94. The van der Waals surface area contributed by atoms with Gasteiger partial charge in [-0.15, -0.1) is 0 Å². The summed E-state index contributed by atoms with van der Waals surface area (Å²) in [6, 6.07) is 6.98. The van der Waals surface area contributed by atoms with Crippen molar-refractivity contribution >= 4 is 11.8 Å². The molecule has 1 heterocycles. The van der Waals surface area contributed by atoms with E-state index >= 15 is 0 Å². The molecule has 0 saturated heterocycles. The minimum absolute atomic E-state index is 0.174. The van der Waals surface area contributed by atoms with Crippen LogP contribution in [0.2, 0.25) is 0 Å². The molecule has 1 aromatic rings. The van der Waals surface area contributed by atoms with Gasteiger partial charge in [0, 0.05) is 12.1 Å². The highest BCUT2D eigenvalue weighted by Gasteiger charge is 2.34. The van der Waals surface area contributed by atoms with E-state index in [0.29, 0.717) is 17.7 Å². The lowest BCUT2D eigenvalue weighted by molar-refractivity contribution is 0.0651. The summed E-state index contributed by atoms with van der Waals surface area (Å²) in [5, 5.41) is 0. The second kappa shape index (κ2) is 5.13. The summed E-state index contributed by atoms with van der Waals surface area (Å²) >= 11 is 0. The number of imide groups is 1. The average molecular weight is 260 g/mol. The summed E-state index contributed by atoms with van der Waals surface area (Å²) in [5.74, 6) is -0.347. The fourth-order valence-corrected chi connectivity index (χ4v) is 2.29. The number of hydrogen-bond donors (Lipinski definition) is 1. The Morgan fingerprint density at radius 1 is 1.05 bits per heavy atom. The number of carbonyl (C=O) groups is 2. The second-order valence-electron chi connectivity index (χ2n) is 5.75. The van der Waals surface area contributed by atoms with Crippen LogP contribution in [0.15, 0.2) is 24.3 Å². The number of amides is 2. The zero-order valence-corrected chi connectivity index (χ0v) is 11.5. The molecule has 0 saturated carbocycles. The summed E-state index contributed by atoms with van der Waals surface area (Å²) in [6.07, 6.45) is 2.60. The van der Waals surface area contributed by atoms with E-state index in [-0.39, 0.29) is 17.4 Å². The van der Waals surface area contributed by atoms with Crippen LogP contribution in [0.3, 0.4) is 0 Å². The summed E-state index contributed by atoms with van der Waals surface area (Å²) in [5.41, 5.74) is 6.75. The van der Waals surface area contributed by atoms with Crippen molar-refractivity contribution in [1.82, 2.24) is 4.90 Å². The molecule has 1 aliphatic heterocycles. The first-order chi connectivity index (χ1) is 8.90. The van der Waals surface area contributed by atoms with Crippen LogP contribution in [0.1, 0.15) is 53.8 Å². The molecule has 0 bridgehead atoms. The lowest BCUT2D eigenvalue weighted by atomic mass is 9.99. The Morgan fingerprint density at radius 2 is 1.58 bits per heavy atom. The van der Waals surface area contributed by atoms with Gasteiger partial charge in [0.2, 0.25) is 0 Å². The van der Waals surface area contributed by atoms with E-state index in [9.17, 15) is 9.59 Å². The van der Waals surface area contributed by atoms with Crippen LogP contribution in [-0.4, -0.2) is 28.8 Å². The molecule has 0 spiro atoms. The highest BCUT2D eigenvalue weighted by molar-refractivity contribution is 6.21. The van der Waals surface area contributed by atoms with E-state index in [2.05, 4.69) is 0 Å². The smallest absolute Gasteiger partial charge is 0.261 e. The lowest BCUT2D eigenvalue weighted by Gasteiger charge is -2.19. The van der Waals surface area contributed by atoms with Crippen LogP contribution < -0.4 is 5.73 Å². The molecule has 19 heavy (non-hydrogen) atoms. The molecular weight excluding hydrogens is 240 g/mol. The van der Waals surface area contributed by atoms with Crippen LogP contribution in [-0.2, 0) is 0 Å². The predicted molar refractivity (Wildman–Crippen MR) is 73.9 cm³/mol. The van der Waals surface area contributed by atoms with Crippen molar-refractivity contribution in [1.29, 1.82) is 0 Å². The van der Waals surface area contributed by atoms with Crippen LogP contribution in [0.5, 0.6) is 0 Å². The predicted octanol–water partition coefficient (Wildman–Crippen LogP) is 2.19. The number of hydrogen-bond acceptors (Lipinski definition) is 3. The molecule has 0 aliphatic carbocycles. The van der Waals surface area contributed by atoms with Crippen molar-refractivity contribution in [2.75, 3.05) is 6.54 Å². The van der Waals surface area contributed by atoms with Gasteiger partial charge >= 0.3 is 0 Å². The maximum absolute atomic E-state index is 12.1. The zero-order valence-electron chi connectivity index (χ0n) is 11.5. The molecule has 102 valence electrons. The number of fused-ring (bicyclic) bond motifs is 1. The van der Waals surface area contributed by atoms with Gasteiger partial charge in [-0.25, -0.2) is 0 Å². The normalized spacial score (nSPS) is 15.0. The first kappa shape index (κ1) is 13.7. The second-order valence-corrected chi connectivity index (χ2v) is 5.75. The van der Waals surface area contributed by atoms with Crippen molar-refractivity contribution < 1.29 is 9.59 Å². The first-order valence-electron chi connectivity index (χ1n) is 6.64. The summed E-state index contributed by atoms with van der Waals surface area (Å²) < 4.78 is 0. The number of nitrogens with zero attached hydrogens (tertiary/aromatic N) is 1. The largest absolute Gasteiger partial charge is 0.326 e. The van der Waals surface area contributed by atoms with E-state index in [1.165, 1.54) is 4.90 Å². The number of unbranched alkanes of at least 4 members (excludes halogenated alkanes) is 1. The molecule has 2 rings (SSSR count). The van der Waals surface area contributed by atoms with Crippen LogP contribution in [0.25, 0.3) is 0 Å².